The lowest BCUT2D eigenvalue weighted by molar-refractivity contribution is 0.0694. The highest BCUT2D eigenvalue weighted by Gasteiger charge is 2.22. The highest BCUT2D eigenvalue weighted by molar-refractivity contribution is 5.96. The summed E-state index contributed by atoms with van der Waals surface area (Å²) in [6, 6.07) is 13.8. The van der Waals surface area contributed by atoms with Gasteiger partial charge in [-0.25, -0.2) is 31.1 Å². The van der Waals surface area contributed by atoms with Gasteiger partial charge in [0.05, 0.1) is 5.56 Å². The Bertz CT molecular complexity index is 1480. The van der Waals surface area contributed by atoms with Crippen LogP contribution in [0.1, 0.15) is 61.0 Å². The summed E-state index contributed by atoms with van der Waals surface area (Å²) in [7, 11) is 0. The summed E-state index contributed by atoms with van der Waals surface area (Å²) < 4.78 is 82.4. The van der Waals surface area contributed by atoms with E-state index in [2.05, 4.69) is 0 Å². The fraction of sp³-hybridized carbons (Fsp3) is 0.161. The van der Waals surface area contributed by atoms with Crippen LogP contribution >= 0.6 is 0 Å². The predicted octanol–water partition coefficient (Wildman–Crippen LogP) is 7.91. The highest BCUT2D eigenvalue weighted by Crippen LogP contribution is 2.26. The van der Waals surface area contributed by atoms with Crippen LogP contribution in [0.2, 0.25) is 0 Å². The second-order valence-electron chi connectivity index (χ2n) is 9.09. The van der Waals surface area contributed by atoms with Gasteiger partial charge < -0.3 is 5.11 Å². The Labute approximate surface area is 226 Å². The molecule has 208 valence electrons. The average molecular weight is 559 g/mol. The Morgan fingerprint density at radius 3 is 1.38 bits per heavy atom. The van der Waals surface area contributed by atoms with Gasteiger partial charge in [-0.1, -0.05) is 36.4 Å². The van der Waals surface area contributed by atoms with Crippen molar-refractivity contribution in [1.82, 2.24) is 0 Å². The number of carboxylic acid groups (broad SMARTS) is 1. The summed E-state index contributed by atoms with van der Waals surface area (Å²) in [4.78, 5) is 22.7. The summed E-state index contributed by atoms with van der Waals surface area (Å²) in [5.74, 6) is -7.30. The van der Waals surface area contributed by atoms with E-state index in [9.17, 15) is 35.9 Å². The van der Waals surface area contributed by atoms with E-state index < -0.39 is 40.9 Å². The summed E-state index contributed by atoms with van der Waals surface area (Å²) >= 11 is 0. The zero-order valence-corrected chi connectivity index (χ0v) is 21.7. The molecule has 1 N–H and O–H groups in total. The first-order valence-corrected chi connectivity index (χ1v) is 12.0. The highest BCUT2D eigenvalue weighted by atomic mass is 19.2. The first-order chi connectivity index (χ1) is 18.8. The van der Waals surface area contributed by atoms with Crippen molar-refractivity contribution in [2.75, 3.05) is 0 Å². The lowest BCUT2D eigenvalue weighted by Gasteiger charge is -2.12. The number of carboxylic acids is 1. The smallest absolute Gasteiger partial charge is 0.336 e. The molecule has 0 atom stereocenters. The Morgan fingerprint density at radius 2 is 1.00 bits per heavy atom. The van der Waals surface area contributed by atoms with Gasteiger partial charge in [0.15, 0.2) is 29.1 Å². The first kappa shape index (κ1) is 30.1. The van der Waals surface area contributed by atoms with E-state index in [4.69, 9.17) is 5.11 Å². The molecule has 0 saturated heterocycles. The van der Waals surface area contributed by atoms with E-state index in [1.54, 1.807) is 12.1 Å². The number of ketones is 1. The zero-order valence-electron chi connectivity index (χ0n) is 21.7. The quantitative estimate of drug-likeness (QED) is 0.193. The van der Waals surface area contributed by atoms with Crippen molar-refractivity contribution in [1.29, 1.82) is 0 Å². The molecule has 0 fully saturated rings. The van der Waals surface area contributed by atoms with E-state index in [1.807, 2.05) is 0 Å². The minimum absolute atomic E-state index is 0.0602. The van der Waals surface area contributed by atoms with Crippen molar-refractivity contribution in [3.8, 4) is 0 Å². The third-order valence-electron chi connectivity index (χ3n) is 6.24. The van der Waals surface area contributed by atoms with Crippen molar-refractivity contribution >= 4 is 11.8 Å². The summed E-state index contributed by atoms with van der Waals surface area (Å²) in [6.07, 6.45) is -0.484. The number of hydrogen-bond donors (Lipinski definition) is 1. The molecular formula is C31H24F6O3. The molecule has 9 heteroatoms. The maximum absolute atomic E-state index is 14.1. The molecule has 4 aromatic rings. The van der Waals surface area contributed by atoms with Crippen LogP contribution in [0.3, 0.4) is 0 Å². The average Bonchev–Trinajstić information content (AvgIpc) is 2.91. The monoisotopic (exact) mass is 558 g/mol. The number of halogens is 6. The maximum atomic E-state index is 14.1. The number of benzene rings is 4. The topological polar surface area (TPSA) is 54.4 Å². The molecule has 0 aliphatic carbocycles. The van der Waals surface area contributed by atoms with Gasteiger partial charge >= 0.3 is 5.97 Å². The van der Waals surface area contributed by atoms with Gasteiger partial charge in [-0.2, -0.15) is 0 Å². The van der Waals surface area contributed by atoms with Crippen LogP contribution in [0.5, 0.6) is 0 Å². The van der Waals surface area contributed by atoms with E-state index in [0.717, 1.165) is 6.07 Å². The second kappa shape index (κ2) is 12.6. The number of aromatic carboxylic acids is 1. The molecule has 0 radical (unpaired) electrons. The summed E-state index contributed by atoms with van der Waals surface area (Å²) in [5.41, 5.74) is -0.442. The minimum atomic E-state index is -1.38. The number of hydrogen-bond acceptors (Lipinski definition) is 2. The summed E-state index contributed by atoms with van der Waals surface area (Å²) in [5, 5.41) is 9.07. The van der Waals surface area contributed by atoms with Crippen molar-refractivity contribution in [2.45, 2.75) is 33.6 Å². The molecule has 0 heterocycles. The number of carbonyl (C=O) groups excluding carboxylic acids is 1. The normalized spacial score (nSPS) is 10.6. The molecule has 40 heavy (non-hydrogen) atoms. The lowest BCUT2D eigenvalue weighted by Crippen LogP contribution is -2.10. The molecule has 4 rings (SSSR count). The number of aryl methyl sites for hydroxylation is 2. The molecule has 0 saturated carbocycles. The molecule has 0 bridgehead atoms. The van der Waals surface area contributed by atoms with E-state index >= 15 is 0 Å². The van der Waals surface area contributed by atoms with Crippen LogP contribution in [-0.4, -0.2) is 16.9 Å². The fourth-order valence-corrected chi connectivity index (χ4v) is 4.10. The van der Waals surface area contributed by atoms with Crippen molar-refractivity contribution in [2.24, 2.45) is 0 Å². The Morgan fingerprint density at radius 1 is 0.625 bits per heavy atom. The van der Waals surface area contributed by atoms with Gasteiger partial charge in [0.2, 0.25) is 0 Å². The van der Waals surface area contributed by atoms with Crippen LogP contribution in [0.15, 0.2) is 60.7 Å². The Balaban J connectivity index is 0.000000220. The Kier molecular flexibility index (Phi) is 9.52. The van der Waals surface area contributed by atoms with Crippen LogP contribution < -0.4 is 0 Å². The molecule has 0 spiro atoms. The van der Waals surface area contributed by atoms with Crippen molar-refractivity contribution in [3.05, 3.63) is 140 Å². The number of rotatable bonds is 6. The van der Waals surface area contributed by atoms with Gasteiger partial charge in [-0.05, 0) is 67.3 Å². The number of carbonyl (C=O) groups is 2. The first-order valence-electron chi connectivity index (χ1n) is 12.0. The van der Waals surface area contributed by atoms with E-state index in [0.29, 0.717) is 0 Å². The molecule has 3 nitrogen and oxygen atoms in total. The molecular weight excluding hydrogens is 534 g/mol. The molecule has 0 aliphatic rings. The summed E-state index contributed by atoms with van der Waals surface area (Å²) in [6.45, 7) is 3.94. The molecule has 0 amide bonds. The predicted molar refractivity (Wildman–Crippen MR) is 138 cm³/mol. The van der Waals surface area contributed by atoms with Crippen molar-refractivity contribution < 1.29 is 41.0 Å². The van der Waals surface area contributed by atoms with Gasteiger partial charge in [0, 0.05) is 29.5 Å². The van der Waals surface area contributed by atoms with E-state index in [1.165, 1.54) is 63.2 Å². The van der Waals surface area contributed by atoms with Crippen LogP contribution in [0.4, 0.5) is 26.3 Å². The van der Waals surface area contributed by atoms with E-state index in [-0.39, 0.29) is 63.1 Å². The van der Waals surface area contributed by atoms with Crippen LogP contribution in [0, 0.1) is 48.8 Å². The zero-order chi connectivity index (χ0) is 29.7. The van der Waals surface area contributed by atoms with Crippen molar-refractivity contribution in [3.63, 3.8) is 0 Å². The molecule has 4 aromatic carbocycles. The SMILES string of the molecule is CC(=O)c1cc(C)c(F)c(F)c1Cc1ccccc1F.Cc1cc(C(=O)O)c(Cc2ccccc2F)c(F)c1F. The third kappa shape index (κ3) is 6.59. The van der Waals surface area contributed by atoms with Gasteiger partial charge in [-0.3, -0.25) is 4.79 Å². The standard InChI is InChI=1S/C16H13F3O.C15H11F3O2/c1-9-7-12(10(2)20)13(16(19)15(9)18)8-11-5-3-4-6-14(11)17;1-8-6-11(15(19)20)10(14(18)13(8)17)7-9-4-2-3-5-12(9)16/h3-7H,8H2,1-2H3;2-6H,7H2,1H3,(H,19,20). The second-order valence-corrected chi connectivity index (χ2v) is 9.09. The number of Topliss-reactive ketones (excluding diaryl/α,β-unsaturated/α-hetero) is 1. The van der Waals surface area contributed by atoms with Crippen LogP contribution in [-0.2, 0) is 12.8 Å². The van der Waals surface area contributed by atoms with Gasteiger partial charge in [0.1, 0.15) is 11.6 Å². The molecule has 0 aliphatic heterocycles. The molecule has 0 aromatic heterocycles. The largest absolute Gasteiger partial charge is 0.478 e. The Hall–Kier alpha value is -4.40. The third-order valence-corrected chi connectivity index (χ3v) is 6.24. The minimum Gasteiger partial charge on any atom is -0.478 e. The van der Waals surface area contributed by atoms with Crippen LogP contribution in [0.25, 0.3) is 0 Å². The van der Waals surface area contributed by atoms with Gasteiger partial charge in [-0.15, -0.1) is 0 Å². The lowest BCUT2D eigenvalue weighted by atomic mass is 9.94. The maximum Gasteiger partial charge on any atom is 0.336 e. The van der Waals surface area contributed by atoms with Gasteiger partial charge in [0.25, 0.3) is 0 Å². The fourth-order valence-electron chi connectivity index (χ4n) is 4.10. The molecule has 0 unspecified atom stereocenters.